The van der Waals surface area contributed by atoms with Gasteiger partial charge in [-0.1, -0.05) is 0 Å². The van der Waals surface area contributed by atoms with Crippen molar-refractivity contribution < 1.29 is 0 Å². The fourth-order valence-corrected chi connectivity index (χ4v) is 1.59. The summed E-state index contributed by atoms with van der Waals surface area (Å²) in [5.41, 5.74) is 3.85. The molecule has 0 bridgehead atoms. The van der Waals surface area contributed by atoms with Gasteiger partial charge in [-0.15, -0.1) is 0 Å². The molecule has 4 heteroatoms. The van der Waals surface area contributed by atoms with E-state index >= 15 is 0 Å². The van der Waals surface area contributed by atoms with Gasteiger partial charge in [-0.3, -0.25) is 0 Å². The van der Waals surface area contributed by atoms with Gasteiger partial charge >= 0.3 is 80.9 Å². The van der Waals surface area contributed by atoms with Gasteiger partial charge in [0.25, 0.3) is 0 Å². The van der Waals surface area contributed by atoms with Crippen LogP contribution in [0.15, 0.2) is 5.10 Å². The summed E-state index contributed by atoms with van der Waals surface area (Å²) in [4.78, 5) is 0. The van der Waals surface area contributed by atoms with E-state index in [1.54, 1.807) is 0 Å². The first kappa shape index (κ1) is 9.75. The fraction of sp³-hybridized carbons (Fsp3) is 0.750. The molecule has 0 spiro atoms. The van der Waals surface area contributed by atoms with Gasteiger partial charge in [0.15, 0.2) is 0 Å². The Kier molecular flexibility index (Phi) is 3.76. The van der Waals surface area contributed by atoms with Crippen LogP contribution in [0, 0.1) is 11.3 Å². The zero-order valence-corrected chi connectivity index (χ0v) is 8.97. The van der Waals surface area contributed by atoms with E-state index in [0.717, 1.165) is 18.8 Å². The van der Waals surface area contributed by atoms with E-state index in [1.165, 1.54) is 18.6 Å². The molecule has 0 aromatic rings. The molecule has 1 unspecified atom stereocenters. The normalized spacial score (nSPS) is 27.1. The van der Waals surface area contributed by atoms with E-state index in [4.69, 9.17) is 5.41 Å². The number of hydrogen-bond acceptors (Lipinski definition) is 2. The van der Waals surface area contributed by atoms with Crippen LogP contribution in [0.25, 0.3) is 0 Å². The first-order chi connectivity index (χ1) is 5.68. The Morgan fingerprint density at radius 3 is 3.08 bits per heavy atom. The Balaban J connectivity index is 2.39. The van der Waals surface area contributed by atoms with E-state index in [9.17, 15) is 0 Å². The number of nitrogens with zero attached hydrogens (tertiary/aromatic N) is 1. The molecule has 1 atom stereocenters. The number of hydrazone groups is 1. The molecule has 0 aromatic carbocycles. The van der Waals surface area contributed by atoms with Crippen molar-refractivity contribution in [3.05, 3.63) is 0 Å². The van der Waals surface area contributed by atoms with Gasteiger partial charge in [0.2, 0.25) is 0 Å². The third-order valence-electron chi connectivity index (χ3n) is 2.06. The molecule has 1 aliphatic rings. The van der Waals surface area contributed by atoms with Crippen molar-refractivity contribution in [3.63, 3.8) is 0 Å². The summed E-state index contributed by atoms with van der Waals surface area (Å²) >= 11 is 2.56. The fourth-order valence-electron chi connectivity index (χ4n) is 1.49. The Morgan fingerprint density at radius 2 is 2.50 bits per heavy atom. The van der Waals surface area contributed by atoms with Crippen molar-refractivity contribution in [1.29, 1.82) is 5.41 Å². The van der Waals surface area contributed by atoms with Gasteiger partial charge in [-0.25, -0.2) is 0 Å². The van der Waals surface area contributed by atoms with Crippen molar-refractivity contribution in [2.45, 2.75) is 32.6 Å². The van der Waals surface area contributed by atoms with E-state index < -0.39 is 0 Å². The van der Waals surface area contributed by atoms with Crippen LogP contribution in [0.4, 0.5) is 0 Å². The molecule has 67 valence electrons. The second-order valence-corrected chi connectivity index (χ2v) is 4.18. The summed E-state index contributed by atoms with van der Waals surface area (Å²) in [6.07, 6.45) is 4.72. The van der Waals surface area contributed by atoms with Crippen LogP contribution in [-0.4, -0.2) is 26.5 Å². The van der Waals surface area contributed by atoms with Gasteiger partial charge in [-0.05, 0) is 0 Å². The summed E-state index contributed by atoms with van der Waals surface area (Å²) in [6.45, 7) is 2.25. The second-order valence-electron chi connectivity index (χ2n) is 3.32. The zero-order chi connectivity index (χ0) is 8.97. The van der Waals surface area contributed by atoms with Crippen molar-refractivity contribution >= 4 is 26.5 Å². The average molecular weight is 231 g/mol. The molecule has 0 amide bonds. The van der Waals surface area contributed by atoms with Gasteiger partial charge in [0, 0.05) is 0 Å². The number of rotatable bonds is 1. The van der Waals surface area contributed by atoms with Crippen LogP contribution in [0.1, 0.15) is 32.6 Å². The van der Waals surface area contributed by atoms with Crippen molar-refractivity contribution in [3.8, 4) is 0 Å². The van der Waals surface area contributed by atoms with E-state index in [-0.39, 0.29) is 0 Å². The molecule has 0 aromatic heterocycles. The van der Waals surface area contributed by atoms with Crippen LogP contribution >= 0.6 is 0 Å². The molecule has 2 N–H and O–H groups in total. The molecular formula is C8H14N3Se. The van der Waals surface area contributed by atoms with Gasteiger partial charge in [0.1, 0.15) is 0 Å². The van der Waals surface area contributed by atoms with Crippen LogP contribution in [0.3, 0.4) is 0 Å². The topological polar surface area (TPSA) is 48.2 Å². The van der Waals surface area contributed by atoms with Gasteiger partial charge in [-0.2, -0.15) is 0 Å². The molecule has 0 saturated heterocycles. The molecule has 1 aliphatic carbocycles. The summed E-state index contributed by atoms with van der Waals surface area (Å²) in [5, 5.41) is 11.2. The summed E-state index contributed by atoms with van der Waals surface area (Å²) in [5.74, 6) is 0.759. The predicted octanol–water partition coefficient (Wildman–Crippen LogP) is 1.25. The quantitative estimate of drug-likeness (QED) is 0.303. The Bertz CT molecular complexity index is 200. The Labute approximate surface area is 81.3 Å². The number of amidine groups is 1. The third-order valence-corrected chi connectivity index (χ3v) is 2.25. The minimum absolute atomic E-state index is 0.292. The monoisotopic (exact) mass is 232 g/mol. The van der Waals surface area contributed by atoms with Crippen LogP contribution in [-0.2, 0) is 0 Å². The molecule has 1 radical (unpaired) electrons. The number of hydrogen-bond donors (Lipinski definition) is 2. The van der Waals surface area contributed by atoms with Crippen molar-refractivity contribution in [2.24, 2.45) is 11.0 Å². The maximum atomic E-state index is 7.09. The standard InChI is InChI=1S/C8H14N3Se/c1-6-3-2-4-7(5-6)10-11-8(9)12/h6H,2-5H2,1H3,(H2,9,11). The summed E-state index contributed by atoms with van der Waals surface area (Å²) < 4.78 is 0.292. The minimum atomic E-state index is 0.292. The second kappa shape index (κ2) is 4.63. The van der Waals surface area contributed by atoms with Crippen LogP contribution < -0.4 is 5.43 Å². The molecule has 0 heterocycles. The van der Waals surface area contributed by atoms with Gasteiger partial charge < -0.3 is 0 Å². The molecule has 1 fully saturated rings. The maximum absolute atomic E-state index is 7.09. The van der Waals surface area contributed by atoms with Crippen LogP contribution in [0.5, 0.6) is 0 Å². The molecule has 1 saturated carbocycles. The average Bonchev–Trinajstić information content (AvgIpc) is 2.01. The number of nitrogens with one attached hydrogen (secondary N) is 2. The molecule has 0 aliphatic heterocycles. The molecule has 3 nitrogen and oxygen atoms in total. The van der Waals surface area contributed by atoms with Crippen molar-refractivity contribution in [2.75, 3.05) is 0 Å². The summed E-state index contributed by atoms with van der Waals surface area (Å²) in [6, 6.07) is 0. The predicted molar refractivity (Wildman–Crippen MR) is 51.7 cm³/mol. The Morgan fingerprint density at radius 1 is 1.75 bits per heavy atom. The zero-order valence-electron chi connectivity index (χ0n) is 7.26. The summed E-state index contributed by atoms with van der Waals surface area (Å²) in [7, 11) is 0. The third kappa shape index (κ3) is 3.37. The molecule has 12 heavy (non-hydrogen) atoms. The first-order valence-electron chi connectivity index (χ1n) is 4.25. The van der Waals surface area contributed by atoms with Gasteiger partial charge in [0.05, 0.1) is 0 Å². The van der Waals surface area contributed by atoms with Crippen LogP contribution in [0.2, 0.25) is 0 Å². The SMILES string of the molecule is CC1CCCC(=NNC(=N)[Se])C1. The van der Waals surface area contributed by atoms with E-state index in [0.29, 0.717) is 4.73 Å². The molecule has 1 rings (SSSR count). The molecular weight excluding hydrogens is 217 g/mol. The Hall–Kier alpha value is -0.341. The first-order valence-corrected chi connectivity index (χ1v) is 5.11. The van der Waals surface area contributed by atoms with Crippen molar-refractivity contribution in [1.82, 2.24) is 5.43 Å². The van der Waals surface area contributed by atoms with E-state index in [1.807, 2.05) is 0 Å². The van der Waals surface area contributed by atoms with E-state index in [2.05, 4.69) is 33.5 Å².